The first-order valence-corrected chi connectivity index (χ1v) is 7.68. The van der Waals surface area contributed by atoms with Gasteiger partial charge in [0.25, 0.3) is 0 Å². The van der Waals surface area contributed by atoms with Crippen LogP contribution in [0.2, 0.25) is 0 Å². The van der Waals surface area contributed by atoms with Gasteiger partial charge in [0.05, 0.1) is 24.1 Å². The summed E-state index contributed by atoms with van der Waals surface area (Å²) in [6.07, 6.45) is -0.749. The third kappa shape index (κ3) is 5.61. The van der Waals surface area contributed by atoms with Crippen LogP contribution in [0.5, 0.6) is 5.75 Å². The van der Waals surface area contributed by atoms with E-state index in [2.05, 4.69) is 17.5 Å². The summed E-state index contributed by atoms with van der Waals surface area (Å²) < 4.78 is 43.4. The minimum absolute atomic E-state index is 0.278. The van der Waals surface area contributed by atoms with Crippen molar-refractivity contribution in [3.05, 3.63) is 59.7 Å². The molecule has 0 spiro atoms. The second kappa shape index (κ2) is 8.38. The number of benzene rings is 2. The molecule has 0 amide bonds. The topological polar surface area (TPSA) is 33.6 Å². The van der Waals surface area contributed by atoms with Crippen LogP contribution in [0.1, 0.15) is 30.9 Å². The van der Waals surface area contributed by atoms with E-state index >= 15 is 0 Å². The van der Waals surface area contributed by atoms with Crippen LogP contribution in [0, 0.1) is 0 Å². The normalized spacial score (nSPS) is 11.7. The second-order valence-electron chi connectivity index (χ2n) is 5.22. The first-order valence-electron chi connectivity index (χ1n) is 7.68. The maximum atomic E-state index is 12.6. The van der Waals surface area contributed by atoms with Crippen molar-refractivity contribution in [3.63, 3.8) is 0 Å². The van der Waals surface area contributed by atoms with Crippen LogP contribution in [-0.2, 0) is 6.18 Å². The summed E-state index contributed by atoms with van der Waals surface area (Å²) in [5.41, 5.74) is 2.98. The average Bonchev–Trinajstić information content (AvgIpc) is 2.56. The van der Waals surface area contributed by atoms with Crippen molar-refractivity contribution in [1.82, 2.24) is 0 Å². The van der Waals surface area contributed by atoms with E-state index in [1.165, 1.54) is 18.3 Å². The standard InChI is InChI=1S/C18H19F3N2O/c1-2-3-11-24-17-9-7-14(8-10-17)13-22-23-16-6-4-5-15(12-16)18(19,20)21/h4-10,12-13,23H,2-3,11H2,1H3. The van der Waals surface area contributed by atoms with Gasteiger partial charge in [-0.05, 0) is 54.4 Å². The number of rotatable bonds is 7. The van der Waals surface area contributed by atoms with E-state index in [-0.39, 0.29) is 5.69 Å². The molecule has 0 saturated carbocycles. The van der Waals surface area contributed by atoms with E-state index in [0.717, 1.165) is 36.3 Å². The molecule has 0 atom stereocenters. The maximum Gasteiger partial charge on any atom is 0.416 e. The van der Waals surface area contributed by atoms with Crippen molar-refractivity contribution in [2.75, 3.05) is 12.0 Å². The first-order chi connectivity index (χ1) is 11.5. The quantitative estimate of drug-likeness (QED) is 0.421. The van der Waals surface area contributed by atoms with E-state index in [4.69, 9.17) is 4.74 Å². The number of nitrogens with zero attached hydrogens (tertiary/aromatic N) is 1. The van der Waals surface area contributed by atoms with Crippen molar-refractivity contribution >= 4 is 11.9 Å². The van der Waals surface area contributed by atoms with Gasteiger partial charge in [0.15, 0.2) is 0 Å². The Hall–Kier alpha value is -2.50. The molecule has 0 fully saturated rings. The number of ether oxygens (including phenoxy) is 1. The van der Waals surface area contributed by atoms with Crippen LogP contribution < -0.4 is 10.2 Å². The van der Waals surface area contributed by atoms with Gasteiger partial charge in [-0.2, -0.15) is 18.3 Å². The second-order valence-corrected chi connectivity index (χ2v) is 5.22. The lowest BCUT2D eigenvalue weighted by Crippen LogP contribution is -2.05. The molecule has 0 aliphatic carbocycles. The highest BCUT2D eigenvalue weighted by Gasteiger charge is 2.30. The number of hydrogen-bond donors (Lipinski definition) is 1. The van der Waals surface area contributed by atoms with Crippen LogP contribution in [0.15, 0.2) is 53.6 Å². The van der Waals surface area contributed by atoms with Gasteiger partial charge in [0.1, 0.15) is 5.75 Å². The molecule has 3 nitrogen and oxygen atoms in total. The van der Waals surface area contributed by atoms with Gasteiger partial charge >= 0.3 is 6.18 Å². The lowest BCUT2D eigenvalue weighted by Gasteiger charge is -2.08. The molecule has 0 aliphatic rings. The third-order valence-corrected chi connectivity index (χ3v) is 3.24. The zero-order valence-corrected chi connectivity index (χ0v) is 13.3. The number of hydrogen-bond acceptors (Lipinski definition) is 3. The molecular formula is C18H19F3N2O. The molecule has 2 rings (SSSR count). The van der Waals surface area contributed by atoms with Crippen LogP contribution in [0.4, 0.5) is 18.9 Å². The Morgan fingerprint density at radius 2 is 1.88 bits per heavy atom. The lowest BCUT2D eigenvalue weighted by molar-refractivity contribution is -0.137. The number of hydrazone groups is 1. The highest BCUT2D eigenvalue weighted by Crippen LogP contribution is 2.30. The summed E-state index contributed by atoms with van der Waals surface area (Å²) in [4.78, 5) is 0. The van der Waals surface area contributed by atoms with E-state index in [1.54, 1.807) is 0 Å². The molecule has 0 unspecified atom stereocenters. The molecule has 6 heteroatoms. The summed E-state index contributed by atoms with van der Waals surface area (Å²) >= 11 is 0. The zero-order chi connectivity index (χ0) is 17.4. The Balaban J connectivity index is 1.92. The molecule has 1 N–H and O–H groups in total. The van der Waals surface area contributed by atoms with Gasteiger partial charge in [-0.1, -0.05) is 19.4 Å². The van der Waals surface area contributed by atoms with Crippen LogP contribution in [0.25, 0.3) is 0 Å². The SMILES string of the molecule is CCCCOc1ccc(C=NNc2cccc(C(F)(F)F)c2)cc1. The summed E-state index contributed by atoms with van der Waals surface area (Å²) in [5.74, 6) is 0.784. The van der Waals surface area contributed by atoms with Gasteiger partial charge in [-0.25, -0.2) is 0 Å². The Kier molecular flexibility index (Phi) is 6.23. The molecule has 0 aliphatic heterocycles. The van der Waals surface area contributed by atoms with Gasteiger partial charge in [-0.3, -0.25) is 5.43 Å². The molecule has 2 aromatic rings. The number of halogens is 3. The maximum absolute atomic E-state index is 12.6. The Morgan fingerprint density at radius 1 is 1.12 bits per heavy atom. The Labute approximate surface area is 139 Å². The highest BCUT2D eigenvalue weighted by molar-refractivity contribution is 5.80. The molecule has 0 bridgehead atoms. The van der Waals surface area contributed by atoms with Gasteiger partial charge in [0, 0.05) is 0 Å². The van der Waals surface area contributed by atoms with Crippen molar-refractivity contribution in [3.8, 4) is 5.75 Å². The largest absolute Gasteiger partial charge is 0.494 e. The van der Waals surface area contributed by atoms with Crippen molar-refractivity contribution in [1.29, 1.82) is 0 Å². The monoisotopic (exact) mass is 336 g/mol. The number of nitrogens with one attached hydrogen (secondary N) is 1. The fourth-order valence-electron chi connectivity index (χ4n) is 1.93. The van der Waals surface area contributed by atoms with Gasteiger partial charge < -0.3 is 4.74 Å². The van der Waals surface area contributed by atoms with Crippen molar-refractivity contribution < 1.29 is 17.9 Å². The highest BCUT2D eigenvalue weighted by atomic mass is 19.4. The fraction of sp³-hybridized carbons (Fsp3) is 0.278. The summed E-state index contributed by atoms with van der Waals surface area (Å²) in [6.45, 7) is 2.78. The third-order valence-electron chi connectivity index (χ3n) is 3.24. The van der Waals surface area contributed by atoms with Crippen LogP contribution in [0.3, 0.4) is 0 Å². The van der Waals surface area contributed by atoms with E-state index in [1.807, 2.05) is 24.3 Å². The molecule has 2 aromatic carbocycles. The van der Waals surface area contributed by atoms with Crippen LogP contribution >= 0.6 is 0 Å². The number of alkyl halides is 3. The molecule has 0 radical (unpaired) electrons. The van der Waals surface area contributed by atoms with E-state index < -0.39 is 11.7 Å². The number of unbranched alkanes of at least 4 members (excludes halogenated alkanes) is 1. The van der Waals surface area contributed by atoms with Gasteiger partial charge in [0.2, 0.25) is 0 Å². The minimum Gasteiger partial charge on any atom is -0.494 e. The van der Waals surface area contributed by atoms with E-state index in [0.29, 0.717) is 6.61 Å². The van der Waals surface area contributed by atoms with E-state index in [9.17, 15) is 13.2 Å². The molecule has 0 aromatic heterocycles. The minimum atomic E-state index is -4.37. The predicted octanol–water partition coefficient (Wildman–Crippen LogP) is 5.33. The number of anilines is 1. The molecule has 0 heterocycles. The van der Waals surface area contributed by atoms with Crippen LogP contribution in [-0.4, -0.2) is 12.8 Å². The fourth-order valence-corrected chi connectivity index (χ4v) is 1.93. The molecule has 0 saturated heterocycles. The average molecular weight is 336 g/mol. The predicted molar refractivity (Wildman–Crippen MR) is 89.5 cm³/mol. The molecule has 128 valence electrons. The summed E-state index contributed by atoms with van der Waals surface area (Å²) in [7, 11) is 0. The summed E-state index contributed by atoms with van der Waals surface area (Å²) in [6, 6.07) is 12.2. The van der Waals surface area contributed by atoms with Crippen molar-refractivity contribution in [2.45, 2.75) is 25.9 Å². The lowest BCUT2D eigenvalue weighted by atomic mass is 10.2. The Bertz CT molecular complexity index is 667. The molecule has 24 heavy (non-hydrogen) atoms. The zero-order valence-electron chi connectivity index (χ0n) is 13.3. The Morgan fingerprint density at radius 3 is 2.54 bits per heavy atom. The smallest absolute Gasteiger partial charge is 0.416 e. The van der Waals surface area contributed by atoms with Gasteiger partial charge in [-0.15, -0.1) is 0 Å². The van der Waals surface area contributed by atoms with Crippen molar-refractivity contribution in [2.24, 2.45) is 5.10 Å². The summed E-state index contributed by atoms with van der Waals surface area (Å²) in [5, 5.41) is 3.96. The first kappa shape index (κ1) is 17.8. The molecular weight excluding hydrogens is 317 g/mol.